The maximum atomic E-state index is 11.0. The summed E-state index contributed by atoms with van der Waals surface area (Å²) in [6, 6.07) is 11.1. The Morgan fingerprint density at radius 1 is 1.04 bits per heavy atom. The first-order valence-electron chi connectivity index (χ1n) is 7.24. The van der Waals surface area contributed by atoms with E-state index >= 15 is 0 Å². The lowest BCUT2D eigenvalue weighted by molar-refractivity contribution is 0.410. The molecule has 0 fully saturated rings. The van der Waals surface area contributed by atoms with Crippen molar-refractivity contribution in [2.45, 2.75) is 26.7 Å². The number of aryl methyl sites for hydroxylation is 3. The molecular formula is C17H21NO4S. The highest BCUT2D eigenvalue weighted by atomic mass is 32.2. The molecule has 0 bridgehead atoms. The number of rotatable bonds is 6. The number of ether oxygens (including phenoxy) is 1. The second kappa shape index (κ2) is 7.02. The molecule has 5 nitrogen and oxygen atoms in total. The summed E-state index contributed by atoms with van der Waals surface area (Å²) in [6.45, 7) is 4.09. The van der Waals surface area contributed by atoms with Crippen LogP contribution in [-0.2, 0) is 23.1 Å². The van der Waals surface area contributed by atoms with Gasteiger partial charge in [-0.2, -0.15) is 13.6 Å². The zero-order chi connectivity index (χ0) is 17.0. The number of hydrogen-bond donors (Lipinski definition) is 1. The molecule has 2 N–H and O–H groups in total. The second-order valence-corrected chi connectivity index (χ2v) is 6.62. The van der Waals surface area contributed by atoms with E-state index in [1.54, 1.807) is 25.3 Å². The van der Waals surface area contributed by atoms with Crippen molar-refractivity contribution in [1.29, 1.82) is 0 Å². The molecule has 0 amide bonds. The average Bonchev–Trinajstić information content (AvgIpc) is 2.47. The molecule has 0 heterocycles. The molecule has 0 atom stereocenters. The molecule has 0 aliphatic heterocycles. The Balaban J connectivity index is 2.12. The van der Waals surface area contributed by atoms with Gasteiger partial charge in [0.1, 0.15) is 11.5 Å². The van der Waals surface area contributed by atoms with Crippen LogP contribution in [0.25, 0.3) is 0 Å². The molecule has 23 heavy (non-hydrogen) atoms. The summed E-state index contributed by atoms with van der Waals surface area (Å²) in [7, 11) is -2.33. The smallest absolute Gasteiger partial charge is 0.380 e. The summed E-state index contributed by atoms with van der Waals surface area (Å²) in [5.41, 5.74) is 4.47. The standard InChI is InChI=1S/C17H21NO4S/c1-12-9-15(11-17(21-3)13(12)2)8-7-14-5-4-6-16(10-14)22-23(18,19)20/h4-6,9-11H,7-8H2,1-3H3,(H2,18,19,20). The van der Waals surface area contributed by atoms with E-state index in [9.17, 15) is 8.42 Å². The molecule has 0 saturated carbocycles. The first-order chi connectivity index (χ1) is 10.8. The summed E-state index contributed by atoms with van der Waals surface area (Å²) >= 11 is 0. The van der Waals surface area contributed by atoms with Gasteiger partial charge in [0.25, 0.3) is 0 Å². The molecule has 0 aliphatic rings. The van der Waals surface area contributed by atoms with E-state index in [1.165, 1.54) is 11.1 Å². The molecule has 2 aromatic rings. The first kappa shape index (κ1) is 17.3. The number of methoxy groups -OCH3 is 1. The van der Waals surface area contributed by atoms with Crippen LogP contribution >= 0.6 is 0 Å². The molecule has 6 heteroatoms. The van der Waals surface area contributed by atoms with Crippen LogP contribution in [0.2, 0.25) is 0 Å². The number of benzene rings is 2. The molecule has 0 spiro atoms. The van der Waals surface area contributed by atoms with Crippen molar-refractivity contribution >= 4 is 10.3 Å². The maximum Gasteiger partial charge on any atom is 0.380 e. The highest BCUT2D eigenvalue weighted by Crippen LogP contribution is 2.24. The van der Waals surface area contributed by atoms with Gasteiger partial charge in [0.05, 0.1) is 7.11 Å². The Morgan fingerprint density at radius 3 is 2.39 bits per heavy atom. The van der Waals surface area contributed by atoms with Crippen LogP contribution in [0.4, 0.5) is 0 Å². The lowest BCUT2D eigenvalue weighted by atomic mass is 9.99. The molecular weight excluding hydrogens is 314 g/mol. The third-order valence-corrected chi connectivity index (χ3v) is 4.14. The van der Waals surface area contributed by atoms with E-state index in [-0.39, 0.29) is 5.75 Å². The van der Waals surface area contributed by atoms with Crippen molar-refractivity contribution in [1.82, 2.24) is 0 Å². The van der Waals surface area contributed by atoms with E-state index in [2.05, 4.69) is 13.0 Å². The van der Waals surface area contributed by atoms with E-state index in [0.717, 1.165) is 29.7 Å². The summed E-state index contributed by atoms with van der Waals surface area (Å²) in [5.74, 6) is 1.11. The molecule has 124 valence electrons. The highest BCUT2D eigenvalue weighted by molar-refractivity contribution is 7.84. The van der Waals surface area contributed by atoms with Gasteiger partial charge in [-0.3, -0.25) is 0 Å². The van der Waals surface area contributed by atoms with E-state index in [1.807, 2.05) is 19.1 Å². The Labute approximate surface area is 137 Å². The molecule has 0 aliphatic carbocycles. The fourth-order valence-electron chi connectivity index (χ4n) is 2.43. The topological polar surface area (TPSA) is 78.6 Å². The normalized spacial score (nSPS) is 11.3. The van der Waals surface area contributed by atoms with Gasteiger partial charge in [0.15, 0.2) is 0 Å². The average molecular weight is 335 g/mol. The van der Waals surface area contributed by atoms with Crippen molar-refractivity contribution in [2.75, 3.05) is 7.11 Å². The molecule has 0 radical (unpaired) electrons. The minimum Gasteiger partial charge on any atom is -0.496 e. The first-order valence-corrected chi connectivity index (χ1v) is 8.71. The molecule has 2 aromatic carbocycles. The summed E-state index contributed by atoms with van der Waals surface area (Å²) < 4.78 is 32.0. The fourth-order valence-corrected chi connectivity index (χ4v) is 2.80. The largest absolute Gasteiger partial charge is 0.496 e. The van der Waals surface area contributed by atoms with Crippen LogP contribution in [0.3, 0.4) is 0 Å². The van der Waals surface area contributed by atoms with Crippen LogP contribution in [0, 0.1) is 13.8 Å². The van der Waals surface area contributed by atoms with Gasteiger partial charge in [0.2, 0.25) is 0 Å². The lowest BCUT2D eigenvalue weighted by Gasteiger charge is -2.11. The van der Waals surface area contributed by atoms with Crippen molar-refractivity contribution in [2.24, 2.45) is 5.14 Å². The van der Waals surface area contributed by atoms with Gasteiger partial charge >= 0.3 is 10.3 Å². The van der Waals surface area contributed by atoms with Gasteiger partial charge in [-0.05, 0) is 67.1 Å². The second-order valence-electron chi connectivity index (χ2n) is 5.46. The molecule has 0 saturated heterocycles. The maximum absolute atomic E-state index is 11.0. The van der Waals surface area contributed by atoms with E-state index in [0.29, 0.717) is 0 Å². The zero-order valence-corrected chi connectivity index (χ0v) is 14.3. The van der Waals surface area contributed by atoms with Crippen LogP contribution in [0.5, 0.6) is 11.5 Å². The van der Waals surface area contributed by atoms with Crippen molar-refractivity contribution in [3.63, 3.8) is 0 Å². The Kier molecular flexibility index (Phi) is 5.28. The van der Waals surface area contributed by atoms with Gasteiger partial charge in [0, 0.05) is 0 Å². The van der Waals surface area contributed by atoms with Crippen LogP contribution in [0.15, 0.2) is 36.4 Å². The predicted octanol–water partition coefficient (Wildman–Crippen LogP) is 2.68. The quantitative estimate of drug-likeness (QED) is 0.880. The van der Waals surface area contributed by atoms with Crippen LogP contribution < -0.4 is 14.1 Å². The van der Waals surface area contributed by atoms with Gasteiger partial charge < -0.3 is 8.92 Å². The summed E-state index contributed by atoms with van der Waals surface area (Å²) in [4.78, 5) is 0. The summed E-state index contributed by atoms with van der Waals surface area (Å²) in [6.07, 6.45) is 1.57. The van der Waals surface area contributed by atoms with E-state index < -0.39 is 10.3 Å². The monoisotopic (exact) mass is 335 g/mol. The van der Waals surface area contributed by atoms with Crippen molar-refractivity contribution in [3.8, 4) is 11.5 Å². The SMILES string of the molecule is COc1cc(CCc2cccc(OS(N)(=O)=O)c2)cc(C)c1C. The predicted molar refractivity (Wildman–Crippen MR) is 90.1 cm³/mol. The highest BCUT2D eigenvalue weighted by Gasteiger charge is 2.07. The van der Waals surface area contributed by atoms with Crippen LogP contribution in [-0.4, -0.2) is 15.5 Å². The number of nitrogens with two attached hydrogens (primary N) is 1. The Morgan fingerprint density at radius 2 is 1.74 bits per heavy atom. The fraction of sp³-hybridized carbons (Fsp3) is 0.294. The molecule has 0 unspecified atom stereocenters. The van der Waals surface area contributed by atoms with Crippen molar-refractivity contribution < 1.29 is 17.3 Å². The Bertz CT molecular complexity index is 800. The zero-order valence-electron chi connectivity index (χ0n) is 13.5. The lowest BCUT2D eigenvalue weighted by Crippen LogP contribution is -2.18. The third kappa shape index (κ3) is 4.97. The van der Waals surface area contributed by atoms with Gasteiger partial charge in [-0.1, -0.05) is 18.2 Å². The van der Waals surface area contributed by atoms with Gasteiger partial charge in [-0.25, -0.2) is 0 Å². The summed E-state index contributed by atoms with van der Waals surface area (Å²) in [5, 5.41) is 4.88. The third-order valence-electron chi connectivity index (χ3n) is 3.71. The molecule has 0 aromatic heterocycles. The van der Waals surface area contributed by atoms with Crippen molar-refractivity contribution in [3.05, 3.63) is 58.7 Å². The van der Waals surface area contributed by atoms with Gasteiger partial charge in [-0.15, -0.1) is 0 Å². The van der Waals surface area contributed by atoms with Crippen LogP contribution in [0.1, 0.15) is 22.3 Å². The number of hydrogen-bond acceptors (Lipinski definition) is 4. The minimum absolute atomic E-state index is 0.225. The Hall–Kier alpha value is -2.05. The van der Waals surface area contributed by atoms with E-state index in [4.69, 9.17) is 14.1 Å². The minimum atomic E-state index is -4.00. The molecule has 2 rings (SSSR count).